The van der Waals surface area contributed by atoms with Gasteiger partial charge in [0.05, 0.1) is 6.42 Å². The summed E-state index contributed by atoms with van der Waals surface area (Å²) in [6.07, 6.45) is -0.506. The molecule has 0 bridgehead atoms. The van der Waals surface area contributed by atoms with Crippen LogP contribution in [-0.2, 0) is 19.2 Å². The predicted molar refractivity (Wildman–Crippen MR) is 64.6 cm³/mol. The summed E-state index contributed by atoms with van der Waals surface area (Å²) in [5.41, 5.74) is 0. The fourth-order valence-corrected chi connectivity index (χ4v) is 2.12. The third-order valence-corrected chi connectivity index (χ3v) is 3.12. The van der Waals surface area contributed by atoms with Crippen molar-refractivity contribution in [3.05, 3.63) is 0 Å². The van der Waals surface area contributed by atoms with Gasteiger partial charge < -0.3 is 15.3 Å². The number of aliphatic hydroxyl groups excluding tert-OH is 1. The minimum atomic E-state index is -1.46. The molecule has 1 saturated heterocycles. The van der Waals surface area contributed by atoms with Gasteiger partial charge in [-0.25, -0.2) is 4.79 Å². The molecule has 0 spiro atoms. The number of likely N-dealkylation sites (tertiary alicyclic amines) is 1. The fourth-order valence-electron chi connectivity index (χ4n) is 2.12. The Morgan fingerprint density at radius 2 is 1.85 bits per heavy atom. The summed E-state index contributed by atoms with van der Waals surface area (Å²) in [4.78, 5) is 45.1. The molecule has 3 N–H and O–H groups in total. The van der Waals surface area contributed by atoms with Gasteiger partial charge in [-0.1, -0.05) is 12.8 Å². The van der Waals surface area contributed by atoms with E-state index in [1.807, 2.05) is 0 Å². The van der Waals surface area contributed by atoms with Gasteiger partial charge in [0, 0.05) is 6.42 Å². The first kappa shape index (κ1) is 16.1. The minimum absolute atomic E-state index is 0.00196. The number of amides is 2. The van der Waals surface area contributed by atoms with E-state index in [9.17, 15) is 24.3 Å². The third-order valence-electron chi connectivity index (χ3n) is 3.12. The SMILES string of the molecule is O=C(O)CCCCCC(C(=O)O)N1C(=O)CC(O)C1=O. The number of carbonyl (C=O) groups excluding carboxylic acids is 2. The van der Waals surface area contributed by atoms with Gasteiger partial charge in [0.25, 0.3) is 5.91 Å². The number of unbranched alkanes of at least 4 members (excludes halogenated alkanes) is 2. The van der Waals surface area contributed by atoms with E-state index in [2.05, 4.69) is 0 Å². The van der Waals surface area contributed by atoms with Gasteiger partial charge in [0.1, 0.15) is 12.1 Å². The Bertz CT molecular complexity index is 420. The zero-order valence-corrected chi connectivity index (χ0v) is 10.8. The smallest absolute Gasteiger partial charge is 0.326 e. The average Bonchev–Trinajstić information content (AvgIpc) is 2.58. The first-order valence-corrected chi connectivity index (χ1v) is 6.33. The normalized spacial score (nSPS) is 20.2. The van der Waals surface area contributed by atoms with Crippen LogP contribution in [0.25, 0.3) is 0 Å². The van der Waals surface area contributed by atoms with Crippen LogP contribution in [0.3, 0.4) is 0 Å². The van der Waals surface area contributed by atoms with Crippen LogP contribution in [0.5, 0.6) is 0 Å². The summed E-state index contributed by atoms with van der Waals surface area (Å²) in [5.74, 6) is -3.81. The first-order valence-electron chi connectivity index (χ1n) is 6.33. The number of rotatable bonds is 8. The molecular formula is C12H17NO7. The highest BCUT2D eigenvalue weighted by molar-refractivity contribution is 6.07. The summed E-state index contributed by atoms with van der Waals surface area (Å²) >= 11 is 0. The summed E-state index contributed by atoms with van der Waals surface area (Å²) in [5, 5.41) is 26.8. The first-order chi connectivity index (χ1) is 9.34. The molecule has 20 heavy (non-hydrogen) atoms. The highest BCUT2D eigenvalue weighted by Crippen LogP contribution is 2.20. The Kier molecular flexibility index (Phi) is 5.63. The van der Waals surface area contributed by atoms with E-state index >= 15 is 0 Å². The molecule has 0 saturated carbocycles. The van der Waals surface area contributed by atoms with Crippen LogP contribution in [0.2, 0.25) is 0 Å². The predicted octanol–water partition coefficient (Wildman–Crippen LogP) is -0.406. The van der Waals surface area contributed by atoms with Crippen molar-refractivity contribution < 1.29 is 34.5 Å². The lowest BCUT2D eigenvalue weighted by atomic mass is 10.1. The largest absolute Gasteiger partial charge is 0.481 e. The molecule has 0 aromatic carbocycles. The Hall–Kier alpha value is -1.96. The van der Waals surface area contributed by atoms with Crippen molar-refractivity contribution >= 4 is 23.8 Å². The maximum absolute atomic E-state index is 11.6. The van der Waals surface area contributed by atoms with Crippen LogP contribution in [-0.4, -0.2) is 56.1 Å². The molecule has 2 atom stereocenters. The number of aliphatic hydroxyl groups is 1. The van der Waals surface area contributed by atoms with Crippen LogP contribution >= 0.6 is 0 Å². The Morgan fingerprint density at radius 3 is 2.30 bits per heavy atom. The number of carboxylic acid groups (broad SMARTS) is 2. The molecule has 0 aliphatic carbocycles. The van der Waals surface area contributed by atoms with Crippen molar-refractivity contribution in [2.45, 2.75) is 50.7 Å². The summed E-state index contributed by atoms with van der Waals surface area (Å²) < 4.78 is 0. The summed E-state index contributed by atoms with van der Waals surface area (Å²) in [6, 6.07) is -1.29. The van der Waals surface area contributed by atoms with Crippen molar-refractivity contribution in [2.24, 2.45) is 0 Å². The molecule has 1 aliphatic rings. The maximum Gasteiger partial charge on any atom is 0.326 e. The highest BCUT2D eigenvalue weighted by Gasteiger charge is 2.43. The van der Waals surface area contributed by atoms with Crippen molar-refractivity contribution in [2.75, 3.05) is 0 Å². The van der Waals surface area contributed by atoms with Crippen molar-refractivity contribution in [1.82, 2.24) is 4.90 Å². The van der Waals surface area contributed by atoms with Crippen LogP contribution in [0.15, 0.2) is 0 Å². The zero-order valence-electron chi connectivity index (χ0n) is 10.8. The van der Waals surface area contributed by atoms with Gasteiger partial charge in [0.2, 0.25) is 5.91 Å². The molecule has 1 heterocycles. The monoisotopic (exact) mass is 287 g/mol. The van der Waals surface area contributed by atoms with Crippen LogP contribution in [0, 0.1) is 0 Å². The van der Waals surface area contributed by atoms with E-state index in [1.165, 1.54) is 0 Å². The Morgan fingerprint density at radius 1 is 1.20 bits per heavy atom. The molecule has 1 fully saturated rings. The number of aliphatic carboxylic acids is 2. The molecule has 1 aliphatic heterocycles. The third kappa shape index (κ3) is 4.02. The van der Waals surface area contributed by atoms with E-state index in [-0.39, 0.29) is 19.3 Å². The van der Waals surface area contributed by atoms with E-state index in [1.54, 1.807) is 0 Å². The maximum atomic E-state index is 11.6. The molecule has 8 nitrogen and oxygen atoms in total. The van der Waals surface area contributed by atoms with Gasteiger partial charge >= 0.3 is 11.9 Å². The zero-order chi connectivity index (χ0) is 15.3. The van der Waals surface area contributed by atoms with Crippen LogP contribution < -0.4 is 0 Å². The number of nitrogens with zero attached hydrogens (tertiary/aromatic N) is 1. The van der Waals surface area contributed by atoms with Gasteiger partial charge in [-0.3, -0.25) is 19.3 Å². The number of hydrogen-bond donors (Lipinski definition) is 3. The van der Waals surface area contributed by atoms with Gasteiger partial charge in [-0.05, 0) is 12.8 Å². The number of carboxylic acids is 2. The lowest BCUT2D eigenvalue weighted by Gasteiger charge is -2.22. The Labute approximate surface area is 115 Å². The minimum Gasteiger partial charge on any atom is -0.481 e. The molecule has 2 unspecified atom stereocenters. The quantitative estimate of drug-likeness (QED) is 0.408. The Balaban J connectivity index is 2.53. The van der Waals surface area contributed by atoms with Crippen molar-refractivity contribution in [1.29, 1.82) is 0 Å². The molecule has 0 aromatic heterocycles. The van der Waals surface area contributed by atoms with Gasteiger partial charge in [-0.2, -0.15) is 0 Å². The van der Waals surface area contributed by atoms with Crippen molar-refractivity contribution in [3.8, 4) is 0 Å². The standard InChI is InChI=1S/C12H17NO7/c14-8-6-9(15)13(11(8)18)7(12(19)20)4-2-1-3-5-10(16)17/h7-8,14H,1-6H2,(H,16,17)(H,19,20). The molecule has 2 amide bonds. The van der Waals surface area contributed by atoms with E-state index in [0.29, 0.717) is 24.2 Å². The fraction of sp³-hybridized carbons (Fsp3) is 0.667. The number of hydrogen-bond acceptors (Lipinski definition) is 5. The van der Waals surface area contributed by atoms with E-state index in [0.717, 1.165) is 0 Å². The van der Waals surface area contributed by atoms with Crippen molar-refractivity contribution in [3.63, 3.8) is 0 Å². The molecule has 0 radical (unpaired) electrons. The molecule has 1 rings (SSSR count). The lowest BCUT2D eigenvalue weighted by Crippen LogP contribution is -2.45. The lowest BCUT2D eigenvalue weighted by molar-refractivity contribution is -0.155. The molecular weight excluding hydrogens is 270 g/mol. The van der Waals surface area contributed by atoms with E-state index < -0.39 is 35.9 Å². The number of imide groups is 1. The van der Waals surface area contributed by atoms with Crippen LogP contribution in [0.1, 0.15) is 38.5 Å². The summed E-state index contributed by atoms with van der Waals surface area (Å²) in [7, 11) is 0. The van der Waals surface area contributed by atoms with Gasteiger partial charge in [0.15, 0.2) is 0 Å². The second kappa shape index (κ2) is 6.99. The van der Waals surface area contributed by atoms with E-state index in [4.69, 9.17) is 10.2 Å². The molecule has 112 valence electrons. The number of carbonyl (C=O) groups is 4. The second-order valence-corrected chi connectivity index (χ2v) is 4.67. The van der Waals surface area contributed by atoms with Crippen LogP contribution in [0.4, 0.5) is 0 Å². The highest BCUT2D eigenvalue weighted by atomic mass is 16.4. The second-order valence-electron chi connectivity index (χ2n) is 4.67. The molecule has 0 aromatic rings. The average molecular weight is 287 g/mol. The summed E-state index contributed by atoms with van der Waals surface area (Å²) in [6.45, 7) is 0. The van der Waals surface area contributed by atoms with Gasteiger partial charge in [-0.15, -0.1) is 0 Å². The molecule has 8 heteroatoms. The topological polar surface area (TPSA) is 132 Å².